The van der Waals surface area contributed by atoms with Gasteiger partial charge in [0.25, 0.3) is 5.78 Å². The first-order valence-electron chi connectivity index (χ1n) is 6.06. The van der Waals surface area contributed by atoms with E-state index in [0.717, 1.165) is 10.2 Å². The lowest BCUT2D eigenvalue weighted by Crippen LogP contribution is -2.14. The average molecular weight is 364 g/mol. The van der Waals surface area contributed by atoms with Crippen molar-refractivity contribution in [3.63, 3.8) is 0 Å². The summed E-state index contributed by atoms with van der Waals surface area (Å²) < 4.78 is 2.72. The van der Waals surface area contributed by atoms with Crippen molar-refractivity contribution in [1.29, 1.82) is 0 Å². The van der Waals surface area contributed by atoms with Gasteiger partial charge in [-0.3, -0.25) is 9.20 Å². The third-order valence-electron chi connectivity index (χ3n) is 2.62. The smallest absolute Gasteiger partial charge is 0.255 e. The highest BCUT2D eigenvalue weighted by atomic mass is 79.9. The molecule has 1 N–H and O–H groups in total. The summed E-state index contributed by atoms with van der Waals surface area (Å²) in [6.07, 6.45) is 3.47. The molecule has 2 aromatic heterocycles. The molecular weight excluding hydrogens is 354 g/mol. The lowest BCUT2D eigenvalue weighted by atomic mass is 10.3. The average Bonchev–Trinajstić information content (AvgIpc) is 2.91. The Morgan fingerprint density at radius 3 is 2.90 bits per heavy atom. The number of hydrogen-bond donors (Lipinski definition) is 1. The molecule has 0 atom stereocenters. The zero-order valence-corrected chi connectivity index (χ0v) is 13.1. The number of carbonyl (C=O) groups is 1. The van der Waals surface area contributed by atoms with Crippen molar-refractivity contribution in [2.45, 2.75) is 5.16 Å². The first-order valence-corrected chi connectivity index (χ1v) is 7.84. The summed E-state index contributed by atoms with van der Waals surface area (Å²) in [6, 6.07) is 9.22. The number of nitrogens with one attached hydrogen (secondary N) is 1. The number of aromatic nitrogens is 4. The van der Waals surface area contributed by atoms with E-state index in [4.69, 9.17) is 0 Å². The second kappa shape index (κ2) is 6.23. The zero-order chi connectivity index (χ0) is 14.7. The first-order chi connectivity index (χ1) is 10.2. The molecule has 0 saturated carbocycles. The maximum absolute atomic E-state index is 11.9. The number of benzene rings is 1. The van der Waals surface area contributed by atoms with Crippen molar-refractivity contribution < 1.29 is 4.79 Å². The van der Waals surface area contributed by atoms with Crippen LogP contribution in [0.15, 0.2) is 52.4 Å². The number of amides is 1. The molecule has 0 aliphatic rings. The predicted molar refractivity (Wildman–Crippen MR) is 84.3 cm³/mol. The second-order valence-corrected chi connectivity index (χ2v) is 5.97. The van der Waals surface area contributed by atoms with Crippen LogP contribution in [0.2, 0.25) is 0 Å². The molecule has 106 valence electrons. The van der Waals surface area contributed by atoms with Crippen LogP contribution in [-0.2, 0) is 4.79 Å². The molecule has 0 spiro atoms. The molecule has 0 fully saturated rings. The molecule has 0 aliphatic carbocycles. The van der Waals surface area contributed by atoms with Gasteiger partial charge in [-0.2, -0.15) is 0 Å². The summed E-state index contributed by atoms with van der Waals surface area (Å²) in [4.78, 5) is 16.0. The molecule has 1 aromatic carbocycles. The molecule has 1 amide bonds. The third kappa shape index (κ3) is 3.40. The summed E-state index contributed by atoms with van der Waals surface area (Å²) in [6.45, 7) is 0. The van der Waals surface area contributed by atoms with Gasteiger partial charge in [0.05, 0.1) is 5.75 Å². The van der Waals surface area contributed by atoms with Gasteiger partial charge in [0.2, 0.25) is 5.91 Å². The Hall–Kier alpha value is -1.93. The van der Waals surface area contributed by atoms with Gasteiger partial charge in [0, 0.05) is 22.6 Å². The fourth-order valence-electron chi connectivity index (χ4n) is 1.68. The fraction of sp³-hybridized carbons (Fsp3) is 0.0769. The summed E-state index contributed by atoms with van der Waals surface area (Å²) in [5, 5.41) is 11.4. The fourth-order valence-corrected chi connectivity index (χ4v) is 2.66. The quantitative estimate of drug-likeness (QED) is 0.721. The summed E-state index contributed by atoms with van der Waals surface area (Å²) in [7, 11) is 0. The van der Waals surface area contributed by atoms with E-state index in [2.05, 4.69) is 36.4 Å². The Labute approximate surface area is 133 Å². The monoisotopic (exact) mass is 363 g/mol. The van der Waals surface area contributed by atoms with Gasteiger partial charge in [-0.15, -0.1) is 10.2 Å². The van der Waals surface area contributed by atoms with E-state index >= 15 is 0 Å². The van der Waals surface area contributed by atoms with Crippen molar-refractivity contribution in [3.05, 3.63) is 47.2 Å². The van der Waals surface area contributed by atoms with E-state index in [1.165, 1.54) is 11.8 Å². The van der Waals surface area contributed by atoms with Crippen LogP contribution >= 0.6 is 27.7 Å². The van der Waals surface area contributed by atoms with E-state index < -0.39 is 0 Å². The maximum atomic E-state index is 11.9. The summed E-state index contributed by atoms with van der Waals surface area (Å²) in [5.41, 5.74) is 0.761. The minimum Gasteiger partial charge on any atom is -0.325 e. The molecule has 0 aliphatic heterocycles. The molecule has 3 aromatic rings. The van der Waals surface area contributed by atoms with Crippen LogP contribution in [0.1, 0.15) is 0 Å². The standard InChI is InChI=1S/C13H10BrN5OS/c14-9-2-4-10(5-3-9)16-11(20)8-21-13-18-17-12-15-6-1-7-19(12)13/h1-7H,8H2,(H,16,20). The molecule has 6 nitrogen and oxygen atoms in total. The summed E-state index contributed by atoms with van der Waals surface area (Å²) in [5.74, 6) is 0.683. The van der Waals surface area contributed by atoms with Gasteiger partial charge in [0.15, 0.2) is 5.16 Å². The normalized spacial score (nSPS) is 10.7. The lowest BCUT2D eigenvalue weighted by Gasteiger charge is -2.04. The van der Waals surface area contributed by atoms with Crippen molar-refractivity contribution in [3.8, 4) is 0 Å². The van der Waals surface area contributed by atoms with E-state index in [-0.39, 0.29) is 11.7 Å². The molecule has 0 unspecified atom stereocenters. The number of fused-ring (bicyclic) bond motifs is 1. The number of rotatable bonds is 4. The SMILES string of the molecule is O=C(CSc1nnc2ncccn12)Nc1ccc(Br)cc1. The number of carbonyl (C=O) groups excluding carboxylic acids is 1. The van der Waals surface area contributed by atoms with Crippen molar-refractivity contribution >= 4 is 45.1 Å². The molecule has 21 heavy (non-hydrogen) atoms. The van der Waals surface area contributed by atoms with Crippen LogP contribution < -0.4 is 5.32 Å². The van der Waals surface area contributed by atoms with Crippen molar-refractivity contribution in [1.82, 2.24) is 19.6 Å². The van der Waals surface area contributed by atoms with Crippen LogP contribution in [0, 0.1) is 0 Å². The van der Waals surface area contributed by atoms with E-state index in [0.29, 0.717) is 10.9 Å². The van der Waals surface area contributed by atoms with Gasteiger partial charge < -0.3 is 5.32 Å². The molecule has 0 saturated heterocycles. The van der Waals surface area contributed by atoms with Gasteiger partial charge in [-0.05, 0) is 30.3 Å². The molecule has 0 radical (unpaired) electrons. The largest absolute Gasteiger partial charge is 0.325 e. The van der Waals surface area contributed by atoms with E-state index in [1.807, 2.05) is 30.5 Å². The van der Waals surface area contributed by atoms with Gasteiger partial charge in [0.1, 0.15) is 0 Å². The molecule has 0 bridgehead atoms. The first kappa shape index (κ1) is 14.0. The molecule has 3 rings (SSSR count). The number of thioether (sulfide) groups is 1. The minimum absolute atomic E-state index is 0.0945. The topological polar surface area (TPSA) is 72.2 Å². The maximum Gasteiger partial charge on any atom is 0.255 e. The zero-order valence-electron chi connectivity index (χ0n) is 10.7. The summed E-state index contributed by atoms with van der Waals surface area (Å²) >= 11 is 4.67. The van der Waals surface area contributed by atoms with E-state index in [1.54, 1.807) is 16.7 Å². The van der Waals surface area contributed by atoms with Gasteiger partial charge in [-0.1, -0.05) is 27.7 Å². The Bertz CT molecular complexity index is 774. The number of anilines is 1. The lowest BCUT2D eigenvalue weighted by molar-refractivity contribution is -0.113. The predicted octanol–water partition coefficient (Wildman–Crippen LogP) is 2.62. The van der Waals surface area contributed by atoms with Crippen LogP contribution in [0.3, 0.4) is 0 Å². The van der Waals surface area contributed by atoms with Crippen molar-refractivity contribution in [2.75, 3.05) is 11.1 Å². The van der Waals surface area contributed by atoms with Gasteiger partial charge in [-0.25, -0.2) is 4.98 Å². The highest BCUT2D eigenvalue weighted by molar-refractivity contribution is 9.10. The Balaban J connectivity index is 1.62. The highest BCUT2D eigenvalue weighted by Crippen LogP contribution is 2.17. The van der Waals surface area contributed by atoms with Crippen LogP contribution in [-0.4, -0.2) is 31.2 Å². The Kier molecular flexibility index (Phi) is 4.16. The van der Waals surface area contributed by atoms with Crippen LogP contribution in [0.5, 0.6) is 0 Å². The number of nitrogens with zero attached hydrogens (tertiary/aromatic N) is 4. The number of hydrogen-bond acceptors (Lipinski definition) is 5. The van der Waals surface area contributed by atoms with Gasteiger partial charge >= 0.3 is 0 Å². The number of halogens is 1. The Morgan fingerprint density at radius 2 is 2.10 bits per heavy atom. The van der Waals surface area contributed by atoms with Crippen LogP contribution in [0.4, 0.5) is 5.69 Å². The molecule has 2 heterocycles. The van der Waals surface area contributed by atoms with E-state index in [9.17, 15) is 4.79 Å². The third-order valence-corrected chi connectivity index (χ3v) is 4.09. The Morgan fingerprint density at radius 1 is 1.29 bits per heavy atom. The second-order valence-electron chi connectivity index (χ2n) is 4.12. The molecule has 8 heteroatoms. The minimum atomic E-state index is -0.0945. The van der Waals surface area contributed by atoms with Crippen molar-refractivity contribution in [2.24, 2.45) is 0 Å². The highest BCUT2D eigenvalue weighted by Gasteiger charge is 2.09. The molecular formula is C13H10BrN5OS. The van der Waals surface area contributed by atoms with Crippen LogP contribution in [0.25, 0.3) is 5.78 Å².